The Morgan fingerprint density at radius 1 is 1.23 bits per heavy atom. The predicted octanol–water partition coefficient (Wildman–Crippen LogP) is 5.87. The highest BCUT2D eigenvalue weighted by atomic mass is 32.1. The summed E-state index contributed by atoms with van der Waals surface area (Å²) in [5, 5.41) is 8.54. The average Bonchev–Trinajstić information content (AvgIpc) is 3.65. The number of ether oxygens (including phenoxy) is 3. The molecule has 0 unspecified atom stereocenters. The summed E-state index contributed by atoms with van der Waals surface area (Å²) >= 11 is 2.90. The van der Waals surface area contributed by atoms with E-state index in [-0.39, 0.29) is 0 Å². The maximum Gasteiger partial charge on any atom is 0.294 e. The number of benzene rings is 1. The van der Waals surface area contributed by atoms with E-state index >= 15 is 0 Å². The van der Waals surface area contributed by atoms with E-state index in [0.717, 1.165) is 21.7 Å². The van der Waals surface area contributed by atoms with Crippen LogP contribution in [0.25, 0.3) is 33.0 Å². The van der Waals surface area contributed by atoms with Crippen LogP contribution in [0, 0.1) is 0 Å². The first-order valence-corrected chi connectivity index (χ1v) is 12.2. The monoisotopic (exact) mass is 507 g/mol. The quantitative estimate of drug-likeness (QED) is 0.182. The van der Waals surface area contributed by atoms with Gasteiger partial charge in [-0.3, -0.25) is 4.99 Å². The van der Waals surface area contributed by atoms with E-state index in [9.17, 15) is 0 Å². The second-order valence-electron chi connectivity index (χ2n) is 7.25. The molecule has 0 amide bonds. The molecule has 0 bridgehead atoms. The van der Waals surface area contributed by atoms with Gasteiger partial charge in [-0.2, -0.15) is 0 Å². The second kappa shape index (κ2) is 9.72. The van der Waals surface area contributed by atoms with Crippen LogP contribution in [0.3, 0.4) is 0 Å². The van der Waals surface area contributed by atoms with Gasteiger partial charge in [0.15, 0.2) is 5.76 Å². The maximum absolute atomic E-state index is 6.16. The molecule has 0 radical (unpaired) electrons. The van der Waals surface area contributed by atoms with Gasteiger partial charge in [-0.25, -0.2) is 14.5 Å². The minimum absolute atomic E-state index is 0.295. The average molecular weight is 508 g/mol. The number of imidazole rings is 1. The summed E-state index contributed by atoms with van der Waals surface area (Å²) in [7, 11) is 3.19. The van der Waals surface area contributed by atoms with Crippen LogP contribution in [-0.2, 0) is 6.61 Å². The summed E-state index contributed by atoms with van der Waals surface area (Å²) in [6, 6.07) is 5.57. The first-order chi connectivity index (χ1) is 17.1. The second-order valence-corrected chi connectivity index (χ2v) is 9.02. The normalized spacial score (nSPS) is 12.1. The SMILES string of the molecule is C=N/C=C\C(=C/C)c1nc(COc2cc(OC)cc3oc(-c4cn5nc(OC)sc5n4)cc23)cs1. The molecule has 1 aromatic carbocycles. The van der Waals surface area contributed by atoms with Crippen LogP contribution in [0.4, 0.5) is 0 Å². The van der Waals surface area contributed by atoms with E-state index in [1.807, 2.05) is 42.7 Å². The van der Waals surface area contributed by atoms with E-state index < -0.39 is 0 Å². The van der Waals surface area contributed by atoms with Crippen molar-refractivity contribution in [3.8, 4) is 28.1 Å². The number of furan rings is 1. The lowest BCUT2D eigenvalue weighted by atomic mass is 10.2. The highest BCUT2D eigenvalue weighted by Gasteiger charge is 2.17. The van der Waals surface area contributed by atoms with Crippen molar-refractivity contribution in [1.82, 2.24) is 19.6 Å². The molecule has 9 nitrogen and oxygen atoms in total. The molecule has 178 valence electrons. The molecule has 5 rings (SSSR count). The van der Waals surface area contributed by atoms with Gasteiger partial charge in [0.25, 0.3) is 5.19 Å². The highest BCUT2D eigenvalue weighted by molar-refractivity contribution is 7.18. The number of rotatable bonds is 9. The topological polar surface area (TPSA) is 96.3 Å². The summed E-state index contributed by atoms with van der Waals surface area (Å²) in [5.41, 5.74) is 3.09. The minimum Gasteiger partial charge on any atom is -0.496 e. The lowest BCUT2D eigenvalue weighted by Crippen LogP contribution is -1.97. The summed E-state index contributed by atoms with van der Waals surface area (Å²) in [4.78, 5) is 13.8. The summed E-state index contributed by atoms with van der Waals surface area (Å²) in [6.45, 7) is 5.73. The van der Waals surface area contributed by atoms with Crippen molar-refractivity contribution >= 4 is 50.9 Å². The molecule has 5 aromatic rings. The molecular formula is C24H21N5O4S2. The third-order valence-electron chi connectivity index (χ3n) is 5.11. The number of aliphatic imine (C=N–C) groups is 1. The van der Waals surface area contributed by atoms with E-state index in [0.29, 0.717) is 45.3 Å². The van der Waals surface area contributed by atoms with Gasteiger partial charge >= 0.3 is 0 Å². The van der Waals surface area contributed by atoms with E-state index in [1.54, 1.807) is 42.5 Å². The first kappa shape index (κ1) is 22.8. The zero-order valence-electron chi connectivity index (χ0n) is 19.2. The highest BCUT2D eigenvalue weighted by Crippen LogP contribution is 2.37. The third-order valence-corrected chi connectivity index (χ3v) is 6.93. The lowest BCUT2D eigenvalue weighted by molar-refractivity contribution is 0.303. The van der Waals surface area contributed by atoms with E-state index in [1.165, 1.54) is 11.3 Å². The Morgan fingerprint density at radius 3 is 2.86 bits per heavy atom. The molecule has 0 saturated heterocycles. The van der Waals surface area contributed by atoms with Gasteiger partial charge in [-0.15, -0.1) is 16.4 Å². The predicted molar refractivity (Wildman–Crippen MR) is 138 cm³/mol. The maximum atomic E-state index is 6.16. The smallest absolute Gasteiger partial charge is 0.294 e. The van der Waals surface area contributed by atoms with E-state index in [4.69, 9.17) is 18.6 Å². The molecule has 0 spiro atoms. The fourth-order valence-electron chi connectivity index (χ4n) is 3.41. The molecule has 35 heavy (non-hydrogen) atoms. The van der Waals surface area contributed by atoms with Gasteiger partial charge in [0, 0.05) is 29.3 Å². The van der Waals surface area contributed by atoms with Gasteiger partial charge < -0.3 is 18.6 Å². The Labute approximate surface area is 208 Å². The van der Waals surface area contributed by atoms with Crippen LogP contribution in [0.15, 0.2) is 57.5 Å². The molecule has 4 aromatic heterocycles. The molecule has 0 aliphatic heterocycles. The van der Waals surface area contributed by atoms with Crippen molar-refractivity contribution in [2.45, 2.75) is 13.5 Å². The van der Waals surface area contributed by atoms with Gasteiger partial charge in [0.2, 0.25) is 4.96 Å². The molecule has 4 heterocycles. The number of thiazole rings is 1. The molecule has 0 fully saturated rings. The molecule has 11 heteroatoms. The molecular weight excluding hydrogens is 486 g/mol. The minimum atomic E-state index is 0.295. The third kappa shape index (κ3) is 4.55. The standard InChI is InChI=1S/C24H21N5O4S2/c1-5-14(6-7-25-2)22-26-15(13-34-22)12-32-19-8-16(30-3)9-20-17(19)10-21(33-20)18-11-29-23(27-18)35-24(28-29)31-4/h5-11,13H,2,12H2,1,3-4H3/b7-6-,14-5+. The van der Waals surface area contributed by atoms with Crippen LogP contribution in [-0.4, -0.2) is 40.5 Å². The Kier molecular flexibility index (Phi) is 6.34. The van der Waals surface area contributed by atoms with Gasteiger partial charge in [0.05, 0.1) is 31.5 Å². The van der Waals surface area contributed by atoms with Crippen LogP contribution in [0.5, 0.6) is 16.7 Å². The number of aromatic nitrogens is 4. The fraction of sp³-hybridized carbons (Fsp3) is 0.167. The Balaban J connectivity index is 1.42. The molecule has 0 N–H and O–H groups in total. The first-order valence-electron chi connectivity index (χ1n) is 10.5. The Hall–Kier alpha value is -3.96. The van der Waals surface area contributed by atoms with Crippen LogP contribution in [0.2, 0.25) is 0 Å². The fourth-order valence-corrected chi connectivity index (χ4v) is 4.97. The van der Waals surface area contributed by atoms with Crippen molar-refractivity contribution < 1.29 is 18.6 Å². The summed E-state index contributed by atoms with van der Waals surface area (Å²) < 4.78 is 24.6. The number of hydrogen-bond acceptors (Lipinski definition) is 10. The number of hydrogen-bond donors (Lipinski definition) is 0. The van der Waals surface area contributed by atoms with Gasteiger partial charge in [-0.1, -0.05) is 6.08 Å². The Morgan fingerprint density at radius 2 is 2.11 bits per heavy atom. The molecule has 0 aliphatic rings. The molecule has 0 saturated carbocycles. The van der Waals surface area contributed by atoms with Crippen LogP contribution < -0.4 is 14.2 Å². The zero-order valence-corrected chi connectivity index (χ0v) is 20.9. The largest absolute Gasteiger partial charge is 0.496 e. The van der Waals surface area contributed by atoms with Crippen molar-refractivity contribution in [2.75, 3.05) is 14.2 Å². The van der Waals surface area contributed by atoms with Gasteiger partial charge in [0.1, 0.15) is 34.4 Å². The number of allylic oxidation sites excluding steroid dienone is 3. The lowest BCUT2D eigenvalue weighted by Gasteiger charge is -2.08. The zero-order chi connectivity index (χ0) is 24.4. The van der Waals surface area contributed by atoms with Crippen molar-refractivity contribution in [1.29, 1.82) is 0 Å². The molecule has 0 aliphatic carbocycles. The number of methoxy groups -OCH3 is 2. The Bertz CT molecular complexity index is 1540. The van der Waals surface area contributed by atoms with Crippen molar-refractivity contribution in [3.05, 3.63) is 58.8 Å². The van der Waals surface area contributed by atoms with Gasteiger partial charge in [-0.05, 0) is 37.1 Å². The van der Waals surface area contributed by atoms with E-state index in [2.05, 4.69) is 26.8 Å². The van der Waals surface area contributed by atoms with Crippen LogP contribution in [0.1, 0.15) is 17.6 Å². The molecule has 0 atom stereocenters. The van der Waals surface area contributed by atoms with Crippen LogP contribution >= 0.6 is 22.7 Å². The summed E-state index contributed by atoms with van der Waals surface area (Å²) in [5.74, 6) is 1.86. The number of fused-ring (bicyclic) bond motifs is 2. The van der Waals surface area contributed by atoms with Crippen molar-refractivity contribution in [2.24, 2.45) is 4.99 Å². The van der Waals surface area contributed by atoms with Crippen molar-refractivity contribution in [3.63, 3.8) is 0 Å². The number of nitrogens with zero attached hydrogens (tertiary/aromatic N) is 5. The summed E-state index contributed by atoms with van der Waals surface area (Å²) in [6.07, 6.45) is 7.30.